The van der Waals surface area contributed by atoms with Crippen LogP contribution >= 0.6 is 22.9 Å². The second-order valence-electron chi connectivity index (χ2n) is 6.48. The van der Waals surface area contributed by atoms with Crippen LogP contribution in [0.15, 0.2) is 39.4 Å². The van der Waals surface area contributed by atoms with Gasteiger partial charge in [0.05, 0.1) is 26.9 Å². The molecular formula is C18H20ClNO4S2. The maximum Gasteiger partial charge on any atom is 0.264 e. The summed E-state index contributed by atoms with van der Waals surface area (Å²) < 4.78 is 31.5. The molecule has 26 heavy (non-hydrogen) atoms. The highest BCUT2D eigenvalue weighted by Crippen LogP contribution is 2.32. The lowest BCUT2D eigenvalue weighted by molar-refractivity contribution is -0.0585. The molecule has 5 nitrogen and oxygen atoms in total. The summed E-state index contributed by atoms with van der Waals surface area (Å²) in [6.45, 7) is 6.53. The third-order valence-corrected chi connectivity index (χ3v) is 7.68. The van der Waals surface area contributed by atoms with Crippen LogP contribution in [0.3, 0.4) is 0 Å². The zero-order valence-electron chi connectivity index (χ0n) is 14.7. The largest absolute Gasteiger partial charge is 0.372 e. The van der Waals surface area contributed by atoms with E-state index in [1.165, 1.54) is 23.5 Å². The van der Waals surface area contributed by atoms with E-state index in [0.717, 1.165) is 0 Å². The lowest BCUT2D eigenvalue weighted by atomic mass is 10.2. The quantitative estimate of drug-likeness (QED) is 0.767. The summed E-state index contributed by atoms with van der Waals surface area (Å²) in [5.74, 6) is -0.146. The molecule has 2 heterocycles. The molecule has 0 radical (unpaired) electrons. The first-order valence-corrected chi connectivity index (χ1v) is 11.0. The van der Waals surface area contributed by atoms with Crippen molar-refractivity contribution in [1.29, 1.82) is 0 Å². The zero-order valence-corrected chi connectivity index (χ0v) is 17.1. The molecule has 0 bridgehead atoms. The Kier molecular flexibility index (Phi) is 5.44. The Hall–Kier alpha value is -1.41. The van der Waals surface area contributed by atoms with E-state index in [1.54, 1.807) is 29.3 Å². The number of ether oxygens (including phenoxy) is 1. The van der Waals surface area contributed by atoms with E-state index >= 15 is 0 Å². The van der Waals surface area contributed by atoms with Gasteiger partial charge in [-0.1, -0.05) is 11.6 Å². The number of hydrogen-bond donors (Lipinski definition) is 0. The first-order valence-electron chi connectivity index (χ1n) is 8.23. The van der Waals surface area contributed by atoms with Gasteiger partial charge < -0.3 is 9.64 Å². The molecule has 1 aliphatic rings. The normalized spacial score (nSPS) is 21.0. The number of amides is 1. The van der Waals surface area contributed by atoms with E-state index in [1.807, 2.05) is 13.8 Å². The number of hydrogen-bond acceptors (Lipinski definition) is 5. The molecule has 0 N–H and O–H groups in total. The molecule has 1 aromatic heterocycles. The monoisotopic (exact) mass is 413 g/mol. The Bertz CT molecular complexity index is 911. The van der Waals surface area contributed by atoms with E-state index in [0.29, 0.717) is 28.6 Å². The summed E-state index contributed by atoms with van der Waals surface area (Å²) in [7, 11) is -3.70. The molecule has 8 heteroatoms. The van der Waals surface area contributed by atoms with Crippen LogP contribution in [-0.4, -0.2) is 44.5 Å². The van der Waals surface area contributed by atoms with Crippen LogP contribution in [0.25, 0.3) is 0 Å². The van der Waals surface area contributed by atoms with Crippen molar-refractivity contribution in [2.75, 3.05) is 13.1 Å². The van der Waals surface area contributed by atoms with Crippen LogP contribution in [0.4, 0.5) is 0 Å². The Morgan fingerprint density at radius 2 is 1.77 bits per heavy atom. The molecule has 2 atom stereocenters. The van der Waals surface area contributed by atoms with Crippen molar-refractivity contribution in [3.05, 3.63) is 45.1 Å². The molecule has 0 spiro atoms. The molecule has 1 aromatic carbocycles. The van der Waals surface area contributed by atoms with Crippen LogP contribution in [0.5, 0.6) is 0 Å². The minimum absolute atomic E-state index is 0.0414. The van der Waals surface area contributed by atoms with Gasteiger partial charge in [0.15, 0.2) is 0 Å². The lowest BCUT2D eigenvalue weighted by Gasteiger charge is -2.35. The maximum atomic E-state index is 12.9. The molecule has 1 saturated heterocycles. The van der Waals surface area contributed by atoms with E-state index in [-0.39, 0.29) is 27.9 Å². The van der Waals surface area contributed by atoms with Crippen LogP contribution in [0.1, 0.15) is 29.1 Å². The first kappa shape index (κ1) is 19.4. The SMILES string of the molecule is Cc1c(S(=O)(=O)c2ccc(Cl)cc2)csc1C(=O)N1C[C@@H](C)O[C@H](C)C1. The van der Waals surface area contributed by atoms with E-state index in [9.17, 15) is 13.2 Å². The van der Waals surface area contributed by atoms with Gasteiger partial charge >= 0.3 is 0 Å². The van der Waals surface area contributed by atoms with Gasteiger partial charge in [-0.05, 0) is 50.6 Å². The van der Waals surface area contributed by atoms with Crippen LogP contribution < -0.4 is 0 Å². The first-order chi connectivity index (χ1) is 12.2. The van der Waals surface area contributed by atoms with Gasteiger partial charge in [0.2, 0.25) is 9.84 Å². The number of nitrogens with zero attached hydrogens (tertiary/aromatic N) is 1. The third kappa shape index (κ3) is 3.67. The van der Waals surface area contributed by atoms with Crippen molar-refractivity contribution in [3.63, 3.8) is 0 Å². The molecule has 140 valence electrons. The van der Waals surface area contributed by atoms with Crippen molar-refractivity contribution in [2.45, 2.75) is 42.8 Å². The topological polar surface area (TPSA) is 63.7 Å². The second kappa shape index (κ2) is 7.31. The number of morpholine rings is 1. The molecule has 1 amide bonds. The number of halogens is 1. The molecule has 0 aliphatic carbocycles. The summed E-state index contributed by atoms with van der Waals surface area (Å²) in [6, 6.07) is 6.03. The van der Waals surface area contributed by atoms with Crippen molar-refractivity contribution in [3.8, 4) is 0 Å². The second-order valence-corrected chi connectivity index (χ2v) is 9.71. The molecule has 0 saturated carbocycles. The van der Waals surface area contributed by atoms with E-state index in [4.69, 9.17) is 16.3 Å². The van der Waals surface area contributed by atoms with Crippen molar-refractivity contribution in [2.24, 2.45) is 0 Å². The molecule has 2 aromatic rings. The number of rotatable bonds is 3. The standard InChI is InChI=1S/C18H20ClNO4S2/c1-11-8-20(9-12(2)24-11)18(21)17-13(3)16(10-25-17)26(22,23)15-6-4-14(19)5-7-15/h4-7,10-12H,8-9H2,1-3H3/t11-,12-/m1/s1. The number of carbonyl (C=O) groups excluding carboxylic acids is 1. The van der Waals surface area contributed by atoms with Crippen molar-refractivity contribution in [1.82, 2.24) is 4.90 Å². The van der Waals surface area contributed by atoms with Gasteiger partial charge in [-0.2, -0.15) is 0 Å². The maximum absolute atomic E-state index is 12.9. The summed E-state index contributed by atoms with van der Waals surface area (Å²) >= 11 is 7.01. The van der Waals surface area contributed by atoms with Gasteiger partial charge in [0.1, 0.15) is 0 Å². The van der Waals surface area contributed by atoms with Gasteiger partial charge in [-0.15, -0.1) is 11.3 Å². The number of thiophene rings is 1. The Morgan fingerprint density at radius 3 is 2.35 bits per heavy atom. The Morgan fingerprint density at radius 1 is 1.19 bits per heavy atom. The fourth-order valence-corrected chi connectivity index (χ4v) is 6.12. The minimum atomic E-state index is -3.70. The van der Waals surface area contributed by atoms with Gasteiger partial charge in [-0.25, -0.2) is 8.42 Å². The summed E-state index contributed by atoms with van der Waals surface area (Å²) in [5, 5.41) is 2.01. The molecule has 1 fully saturated rings. The highest BCUT2D eigenvalue weighted by molar-refractivity contribution is 7.91. The summed E-state index contributed by atoms with van der Waals surface area (Å²) in [4.78, 5) is 15.4. The van der Waals surface area contributed by atoms with Crippen molar-refractivity contribution >= 4 is 38.7 Å². The Balaban J connectivity index is 1.92. The smallest absolute Gasteiger partial charge is 0.264 e. The third-order valence-electron chi connectivity index (χ3n) is 4.31. The molecule has 1 aliphatic heterocycles. The highest BCUT2D eigenvalue weighted by atomic mass is 35.5. The van der Waals surface area contributed by atoms with E-state index in [2.05, 4.69) is 0 Å². The average Bonchev–Trinajstić information content (AvgIpc) is 2.96. The van der Waals surface area contributed by atoms with Crippen LogP contribution in [0.2, 0.25) is 5.02 Å². The molecule has 0 unspecified atom stereocenters. The van der Waals surface area contributed by atoms with Gasteiger partial charge in [0, 0.05) is 23.5 Å². The van der Waals surface area contributed by atoms with Crippen LogP contribution in [-0.2, 0) is 14.6 Å². The fourth-order valence-electron chi connectivity index (χ4n) is 3.10. The number of carbonyl (C=O) groups is 1. The fraction of sp³-hybridized carbons (Fsp3) is 0.389. The minimum Gasteiger partial charge on any atom is -0.372 e. The highest BCUT2D eigenvalue weighted by Gasteiger charge is 2.31. The van der Waals surface area contributed by atoms with Crippen molar-refractivity contribution < 1.29 is 17.9 Å². The predicted octanol–water partition coefficient (Wildman–Crippen LogP) is 3.79. The van der Waals surface area contributed by atoms with Gasteiger partial charge in [0.25, 0.3) is 5.91 Å². The number of benzene rings is 1. The lowest BCUT2D eigenvalue weighted by Crippen LogP contribution is -2.48. The summed E-state index contributed by atoms with van der Waals surface area (Å²) in [5.41, 5.74) is 0.488. The average molecular weight is 414 g/mol. The Labute approximate surface area is 162 Å². The predicted molar refractivity (Wildman–Crippen MR) is 102 cm³/mol. The van der Waals surface area contributed by atoms with Crippen LogP contribution in [0, 0.1) is 6.92 Å². The van der Waals surface area contributed by atoms with E-state index < -0.39 is 9.84 Å². The molecule has 3 rings (SSSR count). The molecular weight excluding hydrogens is 394 g/mol. The summed E-state index contributed by atoms with van der Waals surface area (Å²) in [6.07, 6.45) is -0.0829. The van der Waals surface area contributed by atoms with Gasteiger partial charge in [-0.3, -0.25) is 4.79 Å². The number of sulfone groups is 1. The zero-order chi connectivity index (χ0) is 19.1.